The number of hydrogen-bond acceptors (Lipinski definition) is 2. The van der Waals surface area contributed by atoms with E-state index in [-0.39, 0.29) is 0 Å². The minimum absolute atomic E-state index is 0.291. The smallest absolute Gasteiger partial charge is 0.268 e. The van der Waals surface area contributed by atoms with Crippen LogP contribution in [0.2, 0.25) is 0 Å². The summed E-state index contributed by atoms with van der Waals surface area (Å²) in [5, 5.41) is 4.16. The molecule has 0 saturated heterocycles. The highest BCUT2D eigenvalue weighted by molar-refractivity contribution is 7.90. The predicted molar refractivity (Wildman–Crippen MR) is 141 cm³/mol. The fourth-order valence-corrected chi connectivity index (χ4v) is 6.73. The van der Waals surface area contributed by atoms with E-state index in [0.717, 1.165) is 40.0 Å². The minimum atomic E-state index is -3.77. The Bertz CT molecular complexity index is 1780. The summed E-state index contributed by atoms with van der Waals surface area (Å²) in [6, 6.07) is 29.2. The molecular formula is C29H26N2O2S. The average Bonchev–Trinajstić information content (AvgIpc) is 3.36. The number of aryl methyl sites for hydroxylation is 1. The van der Waals surface area contributed by atoms with Crippen LogP contribution in [-0.4, -0.2) is 17.0 Å². The molecule has 0 aliphatic heterocycles. The SMILES string of the molecule is CCCCCn1c2ccccc2c2cc3c(cc21)c1ccccc1n3S(=O)(=O)c1ccccc1. The van der Waals surface area contributed by atoms with Crippen LogP contribution >= 0.6 is 0 Å². The summed E-state index contributed by atoms with van der Waals surface area (Å²) in [6.45, 7) is 3.17. The van der Waals surface area contributed by atoms with Crippen molar-refractivity contribution in [1.82, 2.24) is 8.54 Å². The molecule has 0 fully saturated rings. The van der Waals surface area contributed by atoms with Crippen LogP contribution in [0.15, 0.2) is 95.9 Å². The Morgan fingerprint density at radius 3 is 1.94 bits per heavy atom. The Labute approximate surface area is 199 Å². The first kappa shape index (κ1) is 21.0. The van der Waals surface area contributed by atoms with Crippen molar-refractivity contribution in [2.75, 3.05) is 0 Å². The number of aromatic nitrogens is 2. The van der Waals surface area contributed by atoms with Gasteiger partial charge in [0.25, 0.3) is 10.0 Å². The number of fused-ring (bicyclic) bond motifs is 6. The van der Waals surface area contributed by atoms with Gasteiger partial charge in [0.2, 0.25) is 0 Å². The van der Waals surface area contributed by atoms with Gasteiger partial charge in [0.15, 0.2) is 0 Å². The lowest BCUT2D eigenvalue weighted by Gasteiger charge is -2.10. The van der Waals surface area contributed by atoms with Crippen molar-refractivity contribution in [3.05, 3.63) is 91.0 Å². The zero-order valence-corrected chi connectivity index (χ0v) is 19.9. The third-order valence-electron chi connectivity index (χ3n) is 6.79. The van der Waals surface area contributed by atoms with Gasteiger partial charge in [-0.15, -0.1) is 0 Å². The summed E-state index contributed by atoms with van der Waals surface area (Å²) in [4.78, 5) is 0.291. The molecule has 0 aliphatic carbocycles. The third kappa shape index (κ3) is 3.07. The quantitative estimate of drug-likeness (QED) is 0.241. The number of rotatable bonds is 6. The molecule has 0 saturated carbocycles. The number of nitrogens with zero attached hydrogens (tertiary/aromatic N) is 2. The topological polar surface area (TPSA) is 44.0 Å². The molecule has 2 heterocycles. The summed E-state index contributed by atoms with van der Waals surface area (Å²) >= 11 is 0. The highest BCUT2D eigenvalue weighted by Crippen LogP contribution is 2.38. The van der Waals surface area contributed by atoms with Crippen molar-refractivity contribution in [2.45, 2.75) is 37.6 Å². The van der Waals surface area contributed by atoms with Gasteiger partial charge in [-0.3, -0.25) is 0 Å². The highest BCUT2D eigenvalue weighted by atomic mass is 32.2. The Morgan fingerprint density at radius 2 is 1.21 bits per heavy atom. The molecule has 2 aromatic heterocycles. The average molecular weight is 467 g/mol. The van der Waals surface area contributed by atoms with Crippen LogP contribution in [0.25, 0.3) is 43.6 Å². The Hall–Kier alpha value is -3.57. The lowest BCUT2D eigenvalue weighted by Crippen LogP contribution is -2.12. The van der Waals surface area contributed by atoms with Crippen molar-refractivity contribution in [3.63, 3.8) is 0 Å². The fraction of sp³-hybridized carbons (Fsp3) is 0.172. The summed E-state index contributed by atoms with van der Waals surface area (Å²) in [6.07, 6.45) is 3.48. The molecule has 170 valence electrons. The van der Waals surface area contributed by atoms with Gasteiger partial charge in [-0.1, -0.05) is 74.4 Å². The maximum Gasteiger partial charge on any atom is 0.268 e. The Kier molecular flexibility index (Phi) is 4.96. The second-order valence-corrected chi connectivity index (χ2v) is 10.6. The molecule has 5 heteroatoms. The number of hydrogen-bond donors (Lipinski definition) is 0. The molecule has 0 radical (unpaired) electrons. The van der Waals surface area contributed by atoms with E-state index in [1.54, 1.807) is 24.3 Å². The highest BCUT2D eigenvalue weighted by Gasteiger charge is 2.24. The van der Waals surface area contributed by atoms with E-state index in [9.17, 15) is 8.42 Å². The molecule has 6 rings (SSSR count). The number of para-hydroxylation sites is 2. The van der Waals surface area contributed by atoms with Gasteiger partial charge < -0.3 is 4.57 Å². The van der Waals surface area contributed by atoms with Gasteiger partial charge in [-0.25, -0.2) is 12.4 Å². The summed E-state index contributed by atoms with van der Waals surface area (Å²) in [5.41, 5.74) is 3.78. The standard InChI is InChI=1S/C29H26N2O2S/c1-2-3-11-18-30-26-16-9-7-14-22(26)24-20-29-25(19-28(24)30)23-15-8-10-17-27(23)31(29)34(32,33)21-12-5-4-6-13-21/h4-10,12-17,19-20H,2-3,11,18H2,1H3. The largest absolute Gasteiger partial charge is 0.340 e. The van der Waals surface area contributed by atoms with Crippen molar-refractivity contribution < 1.29 is 8.42 Å². The van der Waals surface area contributed by atoms with E-state index < -0.39 is 10.0 Å². The molecule has 4 aromatic carbocycles. The van der Waals surface area contributed by atoms with E-state index in [2.05, 4.69) is 47.9 Å². The van der Waals surface area contributed by atoms with E-state index in [1.165, 1.54) is 22.3 Å². The van der Waals surface area contributed by atoms with Crippen molar-refractivity contribution in [2.24, 2.45) is 0 Å². The molecule has 4 nitrogen and oxygen atoms in total. The molecule has 0 atom stereocenters. The molecule has 6 aromatic rings. The molecule has 0 N–H and O–H groups in total. The normalized spacial score (nSPS) is 12.4. The summed E-state index contributed by atoms with van der Waals surface area (Å²) in [5.74, 6) is 0. The first-order valence-corrected chi connectivity index (χ1v) is 13.3. The van der Waals surface area contributed by atoms with Gasteiger partial charge in [0.05, 0.1) is 15.9 Å². The van der Waals surface area contributed by atoms with Gasteiger partial charge in [0, 0.05) is 39.1 Å². The molecule has 0 amide bonds. The van der Waals surface area contributed by atoms with Gasteiger partial charge in [0.1, 0.15) is 0 Å². The number of unbranched alkanes of at least 4 members (excludes halogenated alkanes) is 2. The van der Waals surface area contributed by atoms with Crippen LogP contribution in [0.5, 0.6) is 0 Å². The van der Waals surface area contributed by atoms with Crippen LogP contribution in [0.3, 0.4) is 0 Å². The van der Waals surface area contributed by atoms with Gasteiger partial charge in [-0.05, 0) is 42.8 Å². The molecule has 0 bridgehead atoms. The minimum Gasteiger partial charge on any atom is -0.340 e. The third-order valence-corrected chi connectivity index (χ3v) is 8.53. The molecular weight excluding hydrogens is 440 g/mol. The van der Waals surface area contributed by atoms with Gasteiger partial charge >= 0.3 is 0 Å². The Morgan fingerprint density at radius 1 is 0.618 bits per heavy atom. The molecule has 0 unspecified atom stereocenters. The van der Waals surface area contributed by atoms with E-state index in [1.807, 2.05) is 30.3 Å². The molecule has 34 heavy (non-hydrogen) atoms. The maximum atomic E-state index is 13.9. The van der Waals surface area contributed by atoms with Crippen molar-refractivity contribution >= 4 is 53.6 Å². The monoisotopic (exact) mass is 466 g/mol. The van der Waals surface area contributed by atoms with Crippen molar-refractivity contribution in [3.8, 4) is 0 Å². The van der Waals surface area contributed by atoms with Gasteiger partial charge in [-0.2, -0.15) is 0 Å². The zero-order valence-electron chi connectivity index (χ0n) is 19.1. The molecule has 0 aliphatic rings. The summed E-state index contributed by atoms with van der Waals surface area (Å²) < 4.78 is 31.6. The maximum absolute atomic E-state index is 13.9. The Balaban J connectivity index is 1.73. The van der Waals surface area contributed by atoms with Crippen molar-refractivity contribution in [1.29, 1.82) is 0 Å². The lowest BCUT2D eigenvalue weighted by molar-refractivity contribution is 0.590. The number of benzene rings is 4. The second-order valence-electron chi connectivity index (χ2n) is 8.86. The zero-order chi connectivity index (χ0) is 23.3. The van der Waals surface area contributed by atoms with Crippen LogP contribution in [-0.2, 0) is 16.6 Å². The first-order chi connectivity index (χ1) is 16.6. The lowest BCUT2D eigenvalue weighted by atomic mass is 10.1. The van der Waals surface area contributed by atoms with E-state index in [0.29, 0.717) is 15.9 Å². The first-order valence-electron chi connectivity index (χ1n) is 11.9. The summed E-state index contributed by atoms with van der Waals surface area (Å²) in [7, 11) is -3.77. The van der Waals surface area contributed by atoms with Crippen LogP contribution in [0.4, 0.5) is 0 Å². The van der Waals surface area contributed by atoms with Crippen LogP contribution < -0.4 is 0 Å². The van der Waals surface area contributed by atoms with E-state index >= 15 is 0 Å². The van der Waals surface area contributed by atoms with Crippen LogP contribution in [0.1, 0.15) is 26.2 Å². The van der Waals surface area contributed by atoms with Crippen LogP contribution in [0, 0.1) is 0 Å². The molecule has 0 spiro atoms. The second kappa shape index (κ2) is 8.03. The predicted octanol–water partition coefficient (Wildman–Crippen LogP) is 7.33. The van der Waals surface area contributed by atoms with E-state index in [4.69, 9.17) is 0 Å². The fourth-order valence-electron chi connectivity index (χ4n) is 5.19.